The van der Waals surface area contributed by atoms with E-state index in [4.69, 9.17) is 32.7 Å². The quantitative estimate of drug-likeness (QED) is 0.501. The van der Waals surface area contributed by atoms with Crippen LogP contribution in [0, 0.1) is 0 Å². The third-order valence-electron chi connectivity index (χ3n) is 3.56. The number of benzene rings is 1. The number of rotatable bonds is 8. The summed E-state index contributed by atoms with van der Waals surface area (Å²) in [5.41, 5.74) is 0.320. The van der Waals surface area contributed by atoms with E-state index in [1.165, 1.54) is 19.2 Å². The summed E-state index contributed by atoms with van der Waals surface area (Å²) in [4.78, 5) is 28.3. The first-order valence-corrected chi connectivity index (χ1v) is 9.22. The van der Waals surface area contributed by atoms with Crippen molar-refractivity contribution in [1.29, 1.82) is 0 Å². The monoisotopic (exact) mass is 410 g/mol. The maximum atomic E-state index is 12.2. The molecule has 1 aromatic carbocycles. The molecule has 0 aliphatic heterocycles. The number of pyridine rings is 1. The highest BCUT2D eigenvalue weighted by Gasteiger charge is 2.20. The van der Waals surface area contributed by atoms with E-state index < -0.39 is 18.0 Å². The van der Waals surface area contributed by atoms with E-state index in [-0.39, 0.29) is 10.8 Å². The number of carbonyl (C=O) groups is 2. The number of hydrogen-bond donors (Lipinski definition) is 1. The maximum Gasteiger partial charge on any atom is 0.338 e. The molecule has 1 N–H and O–H groups in total. The summed E-state index contributed by atoms with van der Waals surface area (Å²) in [6.07, 6.45) is 2.32. The molecule has 6 nitrogen and oxygen atoms in total. The first kappa shape index (κ1) is 21.0. The summed E-state index contributed by atoms with van der Waals surface area (Å²) < 4.78 is 10.7. The van der Waals surface area contributed by atoms with E-state index >= 15 is 0 Å². The van der Waals surface area contributed by atoms with Crippen LogP contribution in [0.1, 0.15) is 37.0 Å². The highest BCUT2D eigenvalue weighted by Crippen LogP contribution is 2.22. The molecular formula is C19H20Cl2N2O4. The fraction of sp³-hybridized carbons (Fsp3) is 0.316. The maximum absolute atomic E-state index is 12.2. The molecule has 1 heterocycles. The molecule has 0 bridgehead atoms. The van der Waals surface area contributed by atoms with Gasteiger partial charge in [0.05, 0.1) is 22.2 Å². The van der Waals surface area contributed by atoms with Crippen molar-refractivity contribution in [3.05, 3.63) is 52.1 Å². The Morgan fingerprint density at radius 1 is 1.22 bits per heavy atom. The van der Waals surface area contributed by atoms with Gasteiger partial charge in [-0.25, -0.2) is 9.78 Å². The van der Waals surface area contributed by atoms with Gasteiger partial charge in [0.15, 0.2) is 11.9 Å². The predicted octanol–water partition coefficient (Wildman–Crippen LogP) is 4.75. The number of anilines is 1. The number of unbranched alkanes of at least 4 members (excludes halogenated alkanes) is 1. The number of amides is 1. The second-order valence-electron chi connectivity index (χ2n) is 5.75. The van der Waals surface area contributed by atoms with E-state index in [9.17, 15) is 9.59 Å². The molecule has 0 aliphatic rings. The van der Waals surface area contributed by atoms with Crippen LogP contribution in [0.3, 0.4) is 0 Å². The van der Waals surface area contributed by atoms with Crippen LogP contribution >= 0.6 is 23.2 Å². The minimum Gasteiger partial charge on any atom is -0.494 e. The van der Waals surface area contributed by atoms with Crippen molar-refractivity contribution in [2.75, 3.05) is 11.9 Å². The second-order valence-corrected chi connectivity index (χ2v) is 6.59. The number of ether oxygens (including phenoxy) is 2. The molecule has 1 atom stereocenters. The van der Waals surface area contributed by atoms with Gasteiger partial charge >= 0.3 is 5.97 Å². The van der Waals surface area contributed by atoms with Gasteiger partial charge in [-0.3, -0.25) is 4.79 Å². The Bertz CT molecular complexity index is 797. The number of aromatic nitrogens is 1. The Balaban J connectivity index is 1.91. The zero-order chi connectivity index (χ0) is 19.8. The van der Waals surface area contributed by atoms with Crippen molar-refractivity contribution in [3.63, 3.8) is 0 Å². The highest BCUT2D eigenvalue weighted by molar-refractivity contribution is 6.36. The van der Waals surface area contributed by atoms with E-state index in [2.05, 4.69) is 17.2 Å². The minimum atomic E-state index is -1.04. The molecule has 0 saturated heterocycles. The van der Waals surface area contributed by atoms with Gasteiger partial charge in [0.2, 0.25) is 0 Å². The van der Waals surface area contributed by atoms with Gasteiger partial charge in [-0.05, 0) is 43.7 Å². The SMILES string of the molecule is CCCCOc1ccc(C(=O)OC(C)C(=O)Nc2ncc(Cl)cc2Cl)cc1. The van der Waals surface area contributed by atoms with E-state index in [1.807, 2.05) is 0 Å². The Morgan fingerprint density at radius 3 is 2.56 bits per heavy atom. The van der Waals surface area contributed by atoms with Gasteiger partial charge in [0, 0.05) is 6.20 Å². The smallest absolute Gasteiger partial charge is 0.338 e. The van der Waals surface area contributed by atoms with Crippen molar-refractivity contribution >= 4 is 40.9 Å². The van der Waals surface area contributed by atoms with Gasteiger partial charge in [-0.2, -0.15) is 0 Å². The lowest BCUT2D eigenvalue weighted by Crippen LogP contribution is -2.30. The van der Waals surface area contributed by atoms with Crippen LogP contribution in [-0.4, -0.2) is 29.6 Å². The number of carbonyl (C=O) groups excluding carboxylic acids is 2. The molecule has 0 saturated carbocycles. The van der Waals surface area contributed by atoms with E-state index in [1.54, 1.807) is 24.3 Å². The fourth-order valence-electron chi connectivity index (χ4n) is 2.03. The fourth-order valence-corrected chi connectivity index (χ4v) is 2.46. The van der Waals surface area contributed by atoms with Gasteiger partial charge in [0.1, 0.15) is 5.75 Å². The summed E-state index contributed by atoms with van der Waals surface area (Å²) in [7, 11) is 0. The first-order valence-electron chi connectivity index (χ1n) is 8.46. The lowest BCUT2D eigenvalue weighted by molar-refractivity contribution is -0.123. The largest absolute Gasteiger partial charge is 0.494 e. The third-order valence-corrected chi connectivity index (χ3v) is 4.05. The van der Waals surface area contributed by atoms with Crippen molar-refractivity contribution < 1.29 is 19.1 Å². The van der Waals surface area contributed by atoms with Crippen molar-refractivity contribution in [2.45, 2.75) is 32.8 Å². The molecule has 0 spiro atoms. The van der Waals surface area contributed by atoms with Crippen molar-refractivity contribution in [3.8, 4) is 5.75 Å². The van der Waals surface area contributed by atoms with E-state index in [0.29, 0.717) is 22.9 Å². The molecule has 1 unspecified atom stereocenters. The molecule has 144 valence electrons. The molecule has 1 aromatic heterocycles. The summed E-state index contributed by atoms with van der Waals surface area (Å²) in [6, 6.07) is 8.01. The van der Waals surface area contributed by atoms with Gasteiger partial charge < -0.3 is 14.8 Å². The molecule has 2 aromatic rings. The van der Waals surface area contributed by atoms with E-state index in [0.717, 1.165) is 12.8 Å². The molecule has 1 amide bonds. The molecule has 27 heavy (non-hydrogen) atoms. The first-order chi connectivity index (χ1) is 12.9. The second kappa shape index (κ2) is 10.1. The van der Waals surface area contributed by atoms with Crippen LogP contribution < -0.4 is 10.1 Å². The van der Waals surface area contributed by atoms with Crippen LogP contribution in [0.4, 0.5) is 5.82 Å². The van der Waals surface area contributed by atoms with Crippen molar-refractivity contribution in [2.24, 2.45) is 0 Å². The van der Waals surface area contributed by atoms with Crippen LogP contribution in [0.15, 0.2) is 36.5 Å². The Kier molecular flexibility index (Phi) is 7.88. The van der Waals surface area contributed by atoms with Crippen molar-refractivity contribution in [1.82, 2.24) is 4.98 Å². The number of nitrogens with zero attached hydrogens (tertiary/aromatic N) is 1. The number of nitrogens with one attached hydrogen (secondary N) is 1. The summed E-state index contributed by atoms with van der Waals surface area (Å²) >= 11 is 11.7. The molecule has 0 radical (unpaired) electrons. The molecule has 0 aliphatic carbocycles. The number of halogens is 2. The Labute approximate surface area is 167 Å². The lowest BCUT2D eigenvalue weighted by atomic mass is 10.2. The summed E-state index contributed by atoms with van der Waals surface area (Å²) in [5, 5.41) is 3.03. The van der Waals surface area contributed by atoms with Gasteiger partial charge in [-0.1, -0.05) is 36.5 Å². The molecule has 8 heteroatoms. The zero-order valence-corrected chi connectivity index (χ0v) is 16.5. The average Bonchev–Trinajstić information content (AvgIpc) is 2.64. The van der Waals surface area contributed by atoms with Crippen LogP contribution in [0.5, 0.6) is 5.75 Å². The normalized spacial score (nSPS) is 11.6. The zero-order valence-electron chi connectivity index (χ0n) is 15.0. The molecular weight excluding hydrogens is 391 g/mol. The summed E-state index contributed by atoms with van der Waals surface area (Å²) in [5.74, 6) is -0.357. The van der Waals surface area contributed by atoms with Crippen LogP contribution in [0.25, 0.3) is 0 Å². The minimum absolute atomic E-state index is 0.141. The average molecular weight is 411 g/mol. The van der Waals surface area contributed by atoms with Gasteiger partial charge in [-0.15, -0.1) is 0 Å². The number of esters is 1. The predicted molar refractivity (Wildman–Crippen MR) is 105 cm³/mol. The molecule has 0 fully saturated rings. The number of hydrogen-bond acceptors (Lipinski definition) is 5. The third kappa shape index (κ3) is 6.41. The topological polar surface area (TPSA) is 77.5 Å². The Morgan fingerprint density at radius 2 is 1.93 bits per heavy atom. The standard InChI is InChI=1S/C19H20Cl2N2O4/c1-3-4-9-26-15-7-5-13(6-8-15)19(25)27-12(2)18(24)23-17-16(21)10-14(20)11-22-17/h5-8,10-12H,3-4,9H2,1-2H3,(H,22,23,24). The molecule has 2 rings (SSSR count). The summed E-state index contributed by atoms with van der Waals surface area (Å²) in [6.45, 7) is 4.16. The van der Waals surface area contributed by atoms with Crippen LogP contribution in [-0.2, 0) is 9.53 Å². The van der Waals surface area contributed by atoms with Gasteiger partial charge in [0.25, 0.3) is 5.91 Å². The lowest BCUT2D eigenvalue weighted by Gasteiger charge is -2.14. The highest BCUT2D eigenvalue weighted by atomic mass is 35.5. The van der Waals surface area contributed by atoms with Crippen LogP contribution in [0.2, 0.25) is 10.0 Å². The Hall–Kier alpha value is -2.31.